The molecule has 3 aliphatic carbocycles. The van der Waals surface area contributed by atoms with E-state index in [0.717, 1.165) is 38.5 Å². The molecule has 25 heavy (non-hydrogen) atoms. The van der Waals surface area contributed by atoms with E-state index in [-0.39, 0.29) is 11.3 Å². The van der Waals surface area contributed by atoms with Crippen molar-refractivity contribution < 1.29 is 24.8 Å². The van der Waals surface area contributed by atoms with Crippen molar-refractivity contribution in [2.45, 2.75) is 89.4 Å². The van der Waals surface area contributed by atoms with Crippen LogP contribution >= 0.6 is 0 Å². The molecule has 0 amide bonds. The van der Waals surface area contributed by atoms with E-state index in [4.69, 9.17) is 9.78 Å². The summed E-state index contributed by atoms with van der Waals surface area (Å²) in [5, 5.41) is 20.6. The summed E-state index contributed by atoms with van der Waals surface area (Å²) >= 11 is 0. The summed E-state index contributed by atoms with van der Waals surface area (Å²) in [5.41, 5.74) is -2.11. The second-order valence-corrected chi connectivity index (χ2v) is 9.70. The van der Waals surface area contributed by atoms with Crippen molar-refractivity contribution >= 4 is 5.97 Å². The number of carbonyl (C=O) groups is 1. The largest absolute Gasteiger partial charge is 0.481 e. The van der Waals surface area contributed by atoms with Crippen LogP contribution in [-0.4, -0.2) is 33.0 Å². The highest BCUT2D eigenvalue weighted by Gasteiger charge is 2.70. The first-order chi connectivity index (χ1) is 11.5. The van der Waals surface area contributed by atoms with Gasteiger partial charge in [0.15, 0.2) is 0 Å². The molecule has 2 bridgehead atoms. The molecule has 0 aromatic rings. The SMILES string of the molecule is CC(C)(O)[C@@]12C=C3CC[C@H]4[C@](C)(C(=O)O)CCC[C@]4(C)[C@]3(CC1)OO2. The zero-order valence-electron chi connectivity index (χ0n) is 15.7. The summed E-state index contributed by atoms with van der Waals surface area (Å²) in [6.45, 7) is 7.65. The van der Waals surface area contributed by atoms with Crippen LogP contribution in [0.25, 0.3) is 0 Å². The molecule has 2 heterocycles. The van der Waals surface area contributed by atoms with Gasteiger partial charge in [-0.1, -0.05) is 13.3 Å². The normalized spacial score (nSPS) is 49.2. The average molecular weight is 350 g/mol. The van der Waals surface area contributed by atoms with Gasteiger partial charge in [0.2, 0.25) is 0 Å². The quantitative estimate of drug-likeness (QED) is 0.588. The van der Waals surface area contributed by atoms with Crippen molar-refractivity contribution in [1.82, 2.24) is 0 Å². The molecule has 5 nitrogen and oxygen atoms in total. The fraction of sp³-hybridized carbons (Fsp3) is 0.850. The predicted molar refractivity (Wildman–Crippen MR) is 91.7 cm³/mol. The molecule has 1 saturated heterocycles. The van der Waals surface area contributed by atoms with Gasteiger partial charge in [0, 0.05) is 5.41 Å². The molecule has 3 fully saturated rings. The lowest BCUT2D eigenvalue weighted by Crippen LogP contribution is -2.70. The van der Waals surface area contributed by atoms with E-state index in [1.165, 1.54) is 5.57 Å². The Hall–Kier alpha value is -0.910. The molecule has 2 saturated carbocycles. The second-order valence-electron chi connectivity index (χ2n) is 9.70. The van der Waals surface area contributed by atoms with E-state index in [0.29, 0.717) is 6.42 Å². The van der Waals surface area contributed by atoms with Crippen molar-refractivity contribution in [2.75, 3.05) is 0 Å². The lowest BCUT2D eigenvalue weighted by Gasteiger charge is -2.66. The van der Waals surface area contributed by atoms with Crippen molar-refractivity contribution in [2.24, 2.45) is 16.7 Å². The maximum atomic E-state index is 12.1. The molecule has 5 rings (SSSR count). The number of aliphatic hydroxyl groups is 1. The Morgan fingerprint density at radius 2 is 1.92 bits per heavy atom. The Morgan fingerprint density at radius 3 is 2.48 bits per heavy atom. The lowest BCUT2D eigenvalue weighted by atomic mass is 9.43. The third-order valence-corrected chi connectivity index (χ3v) is 8.19. The first kappa shape index (κ1) is 17.5. The molecule has 0 aromatic carbocycles. The van der Waals surface area contributed by atoms with Crippen molar-refractivity contribution in [3.63, 3.8) is 0 Å². The van der Waals surface area contributed by atoms with Crippen LogP contribution in [0.3, 0.4) is 0 Å². The van der Waals surface area contributed by atoms with Gasteiger partial charge in [0.05, 0.1) is 11.0 Å². The summed E-state index contributed by atoms with van der Waals surface area (Å²) in [7, 11) is 0. The first-order valence-corrected chi connectivity index (χ1v) is 9.56. The highest BCUT2D eigenvalue weighted by molar-refractivity contribution is 5.75. The van der Waals surface area contributed by atoms with E-state index in [2.05, 4.69) is 13.0 Å². The molecule has 0 radical (unpaired) electrons. The Morgan fingerprint density at radius 1 is 1.20 bits per heavy atom. The van der Waals surface area contributed by atoms with Gasteiger partial charge in [-0.3, -0.25) is 4.79 Å². The lowest BCUT2D eigenvalue weighted by molar-refractivity contribution is -0.476. The molecule has 5 atom stereocenters. The number of carboxylic acid groups (broad SMARTS) is 1. The van der Waals surface area contributed by atoms with Crippen LogP contribution in [-0.2, 0) is 14.6 Å². The van der Waals surface area contributed by atoms with Gasteiger partial charge in [-0.05, 0) is 76.9 Å². The Kier molecular flexibility index (Phi) is 3.41. The van der Waals surface area contributed by atoms with Gasteiger partial charge in [0.25, 0.3) is 0 Å². The number of carboxylic acids is 1. The predicted octanol–water partition coefficient (Wildman–Crippen LogP) is 3.61. The second kappa shape index (κ2) is 4.87. The molecular weight excluding hydrogens is 320 g/mol. The van der Waals surface area contributed by atoms with Crippen LogP contribution in [0.2, 0.25) is 0 Å². The summed E-state index contributed by atoms with van der Waals surface area (Å²) in [5.74, 6) is -0.620. The van der Waals surface area contributed by atoms with E-state index in [1.54, 1.807) is 13.8 Å². The first-order valence-electron chi connectivity index (χ1n) is 9.56. The Bertz CT molecular complexity index is 637. The van der Waals surface area contributed by atoms with Gasteiger partial charge in [-0.2, -0.15) is 0 Å². The smallest absolute Gasteiger partial charge is 0.309 e. The summed E-state index contributed by atoms with van der Waals surface area (Å²) in [4.78, 5) is 24.1. The maximum absolute atomic E-state index is 12.1. The highest BCUT2D eigenvalue weighted by atomic mass is 17.2. The third kappa shape index (κ3) is 1.92. The molecule has 5 aliphatic rings. The van der Waals surface area contributed by atoms with E-state index in [9.17, 15) is 15.0 Å². The molecule has 140 valence electrons. The zero-order chi connectivity index (χ0) is 18.3. The molecule has 0 unspecified atom stereocenters. The minimum absolute atomic E-state index is 0.0692. The van der Waals surface area contributed by atoms with Crippen LogP contribution in [0, 0.1) is 16.7 Å². The van der Waals surface area contributed by atoms with Crippen LogP contribution in [0.15, 0.2) is 11.6 Å². The van der Waals surface area contributed by atoms with Gasteiger partial charge in [-0.25, -0.2) is 9.78 Å². The van der Waals surface area contributed by atoms with Crippen LogP contribution in [0.1, 0.15) is 72.6 Å². The zero-order valence-corrected chi connectivity index (χ0v) is 15.7. The monoisotopic (exact) mass is 350 g/mol. The number of fused-ring (bicyclic) bond motifs is 3. The van der Waals surface area contributed by atoms with Crippen molar-refractivity contribution in [3.05, 3.63) is 11.6 Å². The van der Waals surface area contributed by atoms with Gasteiger partial charge in [0.1, 0.15) is 11.2 Å². The summed E-state index contributed by atoms with van der Waals surface area (Å²) in [6, 6.07) is 0. The van der Waals surface area contributed by atoms with Crippen molar-refractivity contribution in [1.29, 1.82) is 0 Å². The molecule has 1 spiro atoms. The van der Waals surface area contributed by atoms with E-state index >= 15 is 0 Å². The minimum atomic E-state index is -1.02. The van der Waals surface area contributed by atoms with E-state index in [1.807, 2.05) is 6.92 Å². The van der Waals surface area contributed by atoms with Gasteiger partial charge in [-0.15, -0.1) is 0 Å². The van der Waals surface area contributed by atoms with Gasteiger partial charge >= 0.3 is 5.97 Å². The summed E-state index contributed by atoms with van der Waals surface area (Å²) in [6.07, 6.45) is 7.85. The number of hydrogen-bond donors (Lipinski definition) is 2. The minimum Gasteiger partial charge on any atom is -0.481 e. The fourth-order valence-electron chi connectivity index (χ4n) is 6.46. The molecule has 0 aromatic heterocycles. The Labute approximate surface area is 149 Å². The Balaban J connectivity index is 1.81. The highest BCUT2D eigenvalue weighted by Crippen LogP contribution is 2.68. The van der Waals surface area contributed by atoms with Crippen LogP contribution < -0.4 is 0 Å². The number of aliphatic carboxylic acids is 1. The fourth-order valence-corrected chi connectivity index (χ4v) is 6.46. The van der Waals surface area contributed by atoms with Gasteiger partial charge < -0.3 is 10.2 Å². The average Bonchev–Trinajstić information content (AvgIpc) is 2.54. The van der Waals surface area contributed by atoms with Crippen LogP contribution in [0.4, 0.5) is 0 Å². The van der Waals surface area contributed by atoms with E-state index < -0.39 is 28.2 Å². The number of rotatable bonds is 2. The molecule has 2 aliphatic heterocycles. The third-order valence-electron chi connectivity index (χ3n) is 8.19. The van der Waals surface area contributed by atoms with Crippen LogP contribution in [0.5, 0.6) is 0 Å². The molecule has 2 N–H and O–H groups in total. The van der Waals surface area contributed by atoms with Crippen molar-refractivity contribution in [3.8, 4) is 0 Å². The summed E-state index contributed by atoms with van der Waals surface area (Å²) < 4.78 is 0. The molecular formula is C20H30O5. The maximum Gasteiger partial charge on any atom is 0.309 e. The molecule has 5 heteroatoms. The topological polar surface area (TPSA) is 76.0 Å². The number of hydrogen-bond acceptors (Lipinski definition) is 4. The standard InChI is InChI=1S/C20H30O5/c1-16(2,23)19-10-11-20(25-24-19)13(12-19)6-7-14-17(3,15(21)22)8-5-9-18(14,20)4/h12,14,23H,5-11H2,1-4H3,(H,21,22)/t14-,17+,18-,19-,20+/m0/s1.